The lowest BCUT2D eigenvalue weighted by Crippen LogP contribution is -1.81. The Kier molecular flexibility index (Phi) is 2.48. The first-order valence-corrected chi connectivity index (χ1v) is 4.81. The van der Waals surface area contributed by atoms with Crippen molar-refractivity contribution in [3.8, 4) is 11.1 Å². The Morgan fingerprint density at radius 3 is 2.36 bits per heavy atom. The number of hydrogen-bond donors (Lipinski definition) is 0. The smallest absolute Gasteiger partial charge is 0.141 e. The van der Waals surface area contributed by atoms with Crippen molar-refractivity contribution < 1.29 is 4.52 Å². The third kappa shape index (κ3) is 1.51. The number of halogens is 2. The highest BCUT2D eigenvalue weighted by molar-refractivity contribution is 6.39. The second-order valence-electron chi connectivity index (χ2n) is 2.89. The van der Waals surface area contributed by atoms with Crippen LogP contribution in [0, 0.1) is 6.92 Å². The van der Waals surface area contributed by atoms with Crippen LogP contribution in [0.5, 0.6) is 0 Å². The van der Waals surface area contributed by atoms with Gasteiger partial charge >= 0.3 is 0 Å². The van der Waals surface area contributed by atoms with E-state index in [1.165, 1.54) is 0 Å². The lowest BCUT2D eigenvalue weighted by Gasteiger charge is -2.03. The first kappa shape index (κ1) is 9.56. The molecule has 1 heterocycles. The molecule has 0 radical (unpaired) electrons. The van der Waals surface area contributed by atoms with Crippen molar-refractivity contribution in [2.75, 3.05) is 0 Å². The first-order valence-electron chi connectivity index (χ1n) is 4.06. The summed E-state index contributed by atoms with van der Waals surface area (Å²) in [6.45, 7) is 1.82. The van der Waals surface area contributed by atoms with Crippen LogP contribution >= 0.6 is 23.2 Å². The van der Waals surface area contributed by atoms with Crippen LogP contribution in [-0.4, -0.2) is 5.16 Å². The molecule has 14 heavy (non-hydrogen) atoms. The summed E-state index contributed by atoms with van der Waals surface area (Å²) >= 11 is 12.1. The van der Waals surface area contributed by atoms with Crippen molar-refractivity contribution in [2.45, 2.75) is 6.92 Å². The van der Waals surface area contributed by atoms with Crippen molar-refractivity contribution in [1.29, 1.82) is 0 Å². The topological polar surface area (TPSA) is 26.0 Å². The molecule has 0 saturated carbocycles. The van der Waals surface area contributed by atoms with Gasteiger partial charge in [0.15, 0.2) is 0 Å². The fourth-order valence-electron chi connectivity index (χ4n) is 1.29. The van der Waals surface area contributed by atoms with Gasteiger partial charge in [-0.25, -0.2) is 0 Å². The highest BCUT2D eigenvalue weighted by Crippen LogP contribution is 2.35. The van der Waals surface area contributed by atoms with Crippen LogP contribution in [0.1, 0.15) is 5.76 Å². The van der Waals surface area contributed by atoms with E-state index in [1.807, 2.05) is 6.92 Å². The van der Waals surface area contributed by atoms with E-state index in [0.29, 0.717) is 15.8 Å². The summed E-state index contributed by atoms with van der Waals surface area (Å²) < 4.78 is 4.96. The van der Waals surface area contributed by atoms with Gasteiger partial charge in [0.05, 0.1) is 16.2 Å². The van der Waals surface area contributed by atoms with Crippen LogP contribution in [0.4, 0.5) is 0 Å². The highest BCUT2D eigenvalue weighted by Gasteiger charge is 2.12. The van der Waals surface area contributed by atoms with Crippen LogP contribution in [0.15, 0.2) is 28.9 Å². The molecule has 0 aliphatic carbocycles. The van der Waals surface area contributed by atoms with Crippen LogP contribution in [-0.2, 0) is 0 Å². The molecule has 0 aliphatic heterocycles. The Morgan fingerprint density at radius 2 is 1.86 bits per heavy atom. The minimum absolute atomic E-state index is 0.601. The van der Waals surface area contributed by atoms with Gasteiger partial charge in [-0.05, 0) is 19.1 Å². The Morgan fingerprint density at radius 1 is 1.21 bits per heavy atom. The summed E-state index contributed by atoms with van der Waals surface area (Å²) in [5.74, 6) is 0.708. The SMILES string of the molecule is Cc1oncc1-c1c(Cl)cccc1Cl. The summed E-state index contributed by atoms with van der Waals surface area (Å²) in [5.41, 5.74) is 1.61. The zero-order valence-corrected chi connectivity index (χ0v) is 8.93. The van der Waals surface area contributed by atoms with E-state index in [4.69, 9.17) is 27.7 Å². The Labute approximate surface area is 91.4 Å². The maximum absolute atomic E-state index is 6.04. The Balaban J connectivity index is 2.68. The number of aromatic nitrogens is 1. The molecule has 0 N–H and O–H groups in total. The van der Waals surface area contributed by atoms with Gasteiger partial charge in [0.25, 0.3) is 0 Å². The number of aryl methyl sites for hydroxylation is 1. The molecule has 0 saturated heterocycles. The molecule has 0 unspecified atom stereocenters. The van der Waals surface area contributed by atoms with Gasteiger partial charge < -0.3 is 4.52 Å². The average Bonchev–Trinajstić information content (AvgIpc) is 2.52. The van der Waals surface area contributed by atoms with Gasteiger partial charge in [-0.2, -0.15) is 0 Å². The summed E-state index contributed by atoms with van der Waals surface area (Å²) in [6.07, 6.45) is 1.61. The predicted octanol–water partition coefficient (Wildman–Crippen LogP) is 3.96. The lowest BCUT2D eigenvalue weighted by molar-refractivity contribution is 0.398. The number of nitrogens with zero attached hydrogens (tertiary/aromatic N) is 1. The molecule has 0 aliphatic rings. The second kappa shape index (κ2) is 3.64. The van der Waals surface area contributed by atoms with E-state index in [1.54, 1.807) is 24.4 Å². The molecule has 2 aromatic rings. The molecule has 0 spiro atoms. The quantitative estimate of drug-likeness (QED) is 0.738. The van der Waals surface area contributed by atoms with Gasteiger partial charge in [0.2, 0.25) is 0 Å². The van der Waals surface area contributed by atoms with Crippen LogP contribution in [0.3, 0.4) is 0 Å². The van der Waals surface area contributed by atoms with E-state index in [2.05, 4.69) is 5.16 Å². The van der Waals surface area contributed by atoms with Gasteiger partial charge in [-0.3, -0.25) is 0 Å². The van der Waals surface area contributed by atoms with Gasteiger partial charge in [0.1, 0.15) is 5.76 Å². The summed E-state index contributed by atoms with van der Waals surface area (Å²) in [5, 5.41) is 4.89. The van der Waals surface area contributed by atoms with Crippen molar-refractivity contribution in [3.05, 3.63) is 40.2 Å². The summed E-state index contributed by atoms with van der Waals surface area (Å²) in [6, 6.07) is 5.38. The zero-order valence-electron chi connectivity index (χ0n) is 7.42. The van der Waals surface area contributed by atoms with E-state index in [9.17, 15) is 0 Å². The Bertz CT molecular complexity index is 445. The molecule has 4 heteroatoms. The van der Waals surface area contributed by atoms with Crippen LogP contribution in [0.25, 0.3) is 11.1 Å². The molecule has 0 amide bonds. The molecule has 0 fully saturated rings. The number of benzene rings is 1. The molecule has 2 rings (SSSR count). The molecule has 1 aromatic carbocycles. The third-order valence-electron chi connectivity index (χ3n) is 1.98. The standard InChI is InChI=1S/C10H7Cl2NO/c1-6-7(5-13-14-6)10-8(11)3-2-4-9(10)12/h2-5H,1H3. The molecular formula is C10H7Cl2NO. The molecule has 1 aromatic heterocycles. The largest absolute Gasteiger partial charge is 0.361 e. The minimum atomic E-state index is 0.601. The van der Waals surface area contributed by atoms with Gasteiger partial charge in [-0.1, -0.05) is 34.4 Å². The molecule has 0 bridgehead atoms. The summed E-state index contributed by atoms with van der Waals surface area (Å²) in [4.78, 5) is 0. The molecule has 0 atom stereocenters. The van der Waals surface area contributed by atoms with Crippen molar-refractivity contribution >= 4 is 23.2 Å². The van der Waals surface area contributed by atoms with E-state index in [-0.39, 0.29) is 0 Å². The van der Waals surface area contributed by atoms with Crippen LogP contribution in [0.2, 0.25) is 10.0 Å². The Hall–Kier alpha value is -0.990. The minimum Gasteiger partial charge on any atom is -0.361 e. The lowest BCUT2D eigenvalue weighted by atomic mass is 10.1. The van der Waals surface area contributed by atoms with Crippen molar-refractivity contribution in [1.82, 2.24) is 5.16 Å². The first-order chi connectivity index (χ1) is 6.70. The fourth-order valence-corrected chi connectivity index (χ4v) is 1.89. The van der Waals surface area contributed by atoms with Gasteiger partial charge in [-0.15, -0.1) is 0 Å². The number of rotatable bonds is 1. The monoisotopic (exact) mass is 227 g/mol. The predicted molar refractivity (Wildman–Crippen MR) is 56.7 cm³/mol. The second-order valence-corrected chi connectivity index (χ2v) is 3.71. The van der Waals surface area contributed by atoms with Crippen molar-refractivity contribution in [2.24, 2.45) is 0 Å². The molecule has 2 nitrogen and oxygen atoms in total. The zero-order chi connectivity index (χ0) is 10.1. The highest BCUT2D eigenvalue weighted by atomic mass is 35.5. The van der Waals surface area contributed by atoms with E-state index < -0.39 is 0 Å². The van der Waals surface area contributed by atoms with Crippen molar-refractivity contribution in [3.63, 3.8) is 0 Å². The van der Waals surface area contributed by atoms with E-state index >= 15 is 0 Å². The van der Waals surface area contributed by atoms with Crippen LogP contribution < -0.4 is 0 Å². The summed E-state index contributed by atoms with van der Waals surface area (Å²) in [7, 11) is 0. The maximum Gasteiger partial charge on any atom is 0.141 e. The maximum atomic E-state index is 6.04. The molecular weight excluding hydrogens is 221 g/mol. The molecule has 72 valence electrons. The van der Waals surface area contributed by atoms with E-state index in [0.717, 1.165) is 11.1 Å². The fraction of sp³-hybridized carbons (Fsp3) is 0.100. The number of hydrogen-bond acceptors (Lipinski definition) is 2. The van der Waals surface area contributed by atoms with Gasteiger partial charge in [0, 0.05) is 11.1 Å². The third-order valence-corrected chi connectivity index (χ3v) is 2.61. The average molecular weight is 228 g/mol. The normalized spacial score (nSPS) is 10.5.